The van der Waals surface area contributed by atoms with Gasteiger partial charge in [-0.3, -0.25) is 4.57 Å². The quantitative estimate of drug-likeness (QED) is 0.724. The van der Waals surface area contributed by atoms with Gasteiger partial charge >= 0.3 is 11.7 Å². The van der Waals surface area contributed by atoms with Gasteiger partial charge in [-0.1, -0.05) is 6.07 Å². The zero-order chi connectivity index (χ0) is 18.8. The van der Waals surface area contributed by atoms with Crippen LogP contribution in [0.15, 0.2) is 53.5 Å². The van der Waals surface area contributed by atoms with Crippen molar-refractivity contribution in [1.29, 1.82) is 0 Å². The van der Waals surface area contributed by atoms with Crippen molar-refractivity contribution in [3.63, 3.8) is 0 Å². The topological polar surface area (TPSA) is 64.1 Å². The van der Waals surface area contributed by atoms with Crippen LogP contribution in [0.2, 0.25) is 0 Å². The Labute approximate surface area is 147 Å². The summed E-state index contributed by atoms with van der Waals surface area (Å²) in [6.45, 7) is 3.17. The summed E-state index contributed by atoms with van der Waals surface area (Å²) in [6.07, 6.45) is 0.493. The van der Waals surface area contributed by atoms with Gasteiger partial charge in [0.1, 0.15) is 17.7 Å². The SMILES string of the molecule is Cc1c[nH]c(=O)n1-c1ccc(C(=O)OC(C)c2c(F)cccc2F)cc1. The van der Waals surface area contributed by atoms with Gasteiger partial charge in [-0.25, -0.2) is 18.4 Å². The Morgan fingerprint density at radius 1 is 1.12 bits per heavy atom. The maximum atomic E-state index is 13.8. The van der Waals surface area contributed by atoms with Gasteiger partial charge in [-0.15, -0.1) is 0 Å². The van der Waals surface area contributed by atoms with E-state index in [-0.39, 0.29) is 16.8 Å². The molecule has 5 nitrogen and oxygen atoms in total. The first-order valence-electron chi connectivity index (χ1n) is 7.91. The minimum Gasteiger partial charge on any atom is -0.454 e. The van der Waals surface area contributed by atoms with Crippen molar-refractivity contribution < 1.29 is 18.3 Å². The number of nitrogens with one attached hydrogen (secondary N) is 1. The summed E-state index contributed by atoms with van der Waals surface area (Å²) >= 11 is 0. The molecule has 0 spiro atoms. The average Bonchev–Trinajstić information content (AvgIpc) is 2.93. The largest absolute Gasteiger partial charge is 0.454 e. The second-order valence-electron chi connectivity index (χ2n) is 5.80. The van der Waals surface area contributed by atoms with E-state index in [4.69, 9.17) is 4.74 Å². The smallest absolute Gasteiger partial charge is 0.338 e. The van der Waals surface area contributed by atoms with Crippen molar-refractivity contribution in [3.05, 3.63) is 87.6 Å². The Bertz CT molecular complexity index is 986. The van der Waals surface area contributed by atoms with E-state index in [0.717, 1.165) is 12.1 Å². The number of ether oxygens (including phenoxy) is 1. The summed E-state index contributed by atoms with van der Waals surface area (Å²) < 4.78 is 34.2. The molecule has 0 bridgehead atoms. The molecule has 0 saturated heterocycles. The molecule has 7 heteroatoms. The highest BCUT2D eigenvalue weighted by atomic mass is 19.1. The fraction of sp³-hybridized carbons (Fsp3) is 0.158. The maximum absolute atomic E-state index is 13.8. The molecule has 0 radical (unpaired) electrons. The molecule has 0 fully saturated rings. The van der Waals surface area contributed by atoms with Crippen LogP contribution < -0.4 is 5.69 Å². The first-order valence-corrected chi connectivity index (χ1v) is 7.91. The molecule has 1 heterocycles. The van der Waals surface area contributed by atoms with Crippen LogP contribution in [0.5, 0.6) is 0 Å². The lowest BCUT2D eigenvalue weighted by atomic mass is 10.1. The number of aryl methyl sites for hydroxylation is 1. The predicted molar refractivity (Wildman–Crippen MR) is 91.3 cm³/mol. The van der Waals surface area contributed by atoms with Gasteiger partial charge in [0.2, 0.25) is 0 Å². The number of nitrogens with zero attached hydrogens (tertiary/aromatic N) is 1. The highest BCUT2D eigenvalue weighted by Crippen LogP contribution is 2.24. The number of rotatable bonds is 4. The van der Waals surface area contributed by atoms with E-state index in [1.54, 1.807) is 25.3 Å². The highest BCUT2D eigenvalue weighted by molar-refractivity contribution is 5.89. The molecule has 1 atom stereocenters. The summed E-state index contributed by atoms with van der Waals surface area (Å²) in [4.78, 5) is 26.6. The van der Waals surface area contributed by atoms with Gasteiger partial charge in [0.15, 0.2) is 0 Å². The van der Waals surface area contributed by atoms with Crippen LogP contribution in [0.1, 0.15) is 34.6 Å². The third-order valence-corrected chi connectivity index (χ3v) is 4.01. The second-order valence-corrected chi connectivity index (χ2v) is 5.80. The molecule has 26 heavy (non-hydrogen) atoms. The van der Waals surface area contributed by atoms with Crippen LogP contribution >= 0.6 is 0 Å². The molecule has 1 aromatic heterocycles. The van der Waals surface area contributed by atoms with Crippen LogP contribution in [0, 0.1) is 18.6 Å². The molecule has 0 aliphatic rings. The van der Waals surface area contributed by atoms with Crippen LogP contribution in [0.3, 0.4) is 0 Å². The number of aromatic nitrogens is 2. The van der Waals surface area contributed by atoms with Crippen molar-refractivity contribution >= 4 is 5.97 Å². The van der Waals surface area contributed by atoms with E-state index in [1.165, 1.54) is 29.7 Å². The summed E-state index contributed by atoms with van der Waals surface area (Å²) in [7, 11) is 0. The number of hydrogen-bond acceptors (Lipinski definition) is 3. The number of halogens is 2. The van der Waals surface area contributed by atoms with E-state index in [1.807, 2.05) is 0 Å². The number of H-pyrrole nitrogens is 1. The van der Waals surface area contributed by atoms with Gasteiger partial charge < -0.3 is 9.72 Å². The summed E-state index contributed by atoms with van der Waals surface area (Å²) in [5, 5.41) is 0. The molecule has 3 rings (SSSR count). The van der Waals surface area contributed by atoms with Crippen molar-refractivity contribution in [2.45, 2.75) is 20.0 Å². The van der Waals surface area contributed by atoms with Gasteiger partial charge in [0.25, 0.3) is 0 Å². The van der Waals surface area contributed by atoms with Crippen LogP contribution in [-0.4, -0.2) is 15.5 Å². The summed E-state index contributed by atoms with van der Waals surface area (Å²) in [5.41, 5.74) is 0.916. The molecular weight excluding hydrogens is 342 g/mol. The minimum absolute atomic E-state index is 0.207. The number of esters is 1. The Balaban J connectivity index is 1.80. The van der Waals surface area contributed by atoms with Crippen molar-refractivity contribution in [3.8, 4) is 5.69 Å². The van der Waals surface area contributed by atoms with E-state index >= 15 is 0 Å². The van der Waals surface area contributed by atoms with Crippen molar-refractivity contribution in [2.24, 2.45) is 0 Å². The number of aromatic amines is 1. The van der Waals surface area contributed by atoms with Gasteiger partial charge in [0, 0.05) is 11.9 Å². The standard InChI is InChI=1S/C19H16F2N2O3/c1-11-10-22-19(25)23(11)14-8-6-13(7-9-14)18(24)26-12(2)17-15(20)4-3-5-16(17)21/h3-10,12H,1-2H3,(H,22,25). The average molecular weight is 358 g/mol. The number of hydrogen-bond donors (Lipinski definition) is 1. The summed E-state index contributed by atoms with van der Waals surface area (Å²) in [6, 6.07) is 9.61. The Hall–Kier alpha value is -3.22. The fourth-order valence-corrected chi connectivity index (χ4v) is 2.71. The first-order chi connectivity index (χ1) is 12.4. The molecule has 2 aromatic carbocycles. The molecule has 1 unspecified atom stereocenters. The minimum atomic E-state index is -1.09. The van der Waals surface area contributed by atoms with Crippen LogP contribution in [0.25, 0.3) is 5.69 Å². The molecule has 0 amide bonds. The fourth-order valence-electron chi connectivity index (χ4n) is 2.71. The third-order valence-electron chi connectivity index (χ3n) is 4.01. The molecule has 0 aliphatic carbocycles. The zero-order valence-corrected chi connectivity index (χ0v) is 14.1. The third kappa shape index (κ3) is 3.28. The van der Waals surface area contributed by atoms with Gasteiger partial charge in [0.05, 0.1) is 16.8 Å². The Morgan fingerprint density at radius 2 is 1.73 bits per heavy atom. The lowest BCUT2D eigenvalue weighted by Crippen LogP contribution is -2.16. The maximum Gasteiger partial charge on any atom is 0.338 e. The number of carbonyl (C=O) groups is 1. The predicted octanol–water partition coefficient (Wildman–Crippen LogP) is 3.67. The van der Waals surface area contributed by atoms with Gasteiger partial charge in [-0.05, 0) is 50.2 Å². The van der Waals surface area contributed by atoms with E-state index in [2.05, 4.69) is 4.98 Å². The highest BCUT2D eigenvalue weighted by Gasteiger charge is 2.20. The number of imidazole rings is 1. The lowest BCUT2D eigenvalue weighted by Gasteiger charge is -2.15. The van der Waals surface area contributed by atoms with Crippen LogP contribution in [0.4, 0.5) is 8.78 Å². The normalized spacial score (nSPS) is 12.0. The second kappa shape index (κ2) is 6.95. The van der Waals surface area contributed by atoms with E-state index in [9.17, 15) is 18.4 Å². The molecule has 3 aromatic rings. The van der Waals surface area contributed by atoms with Crippen molar-refractivity contribution in [1.82, 2.24) is 9.55 Å². The van der Waals surface area contributed by atoms with E-state index < -0.39 is 23.7 Å². The monoisotopic (exact) mass is 358 g/mol. The molecular formula is C19H16F2N2O3. The van der Waals surface area contributed by atoms with Gasteiger partial charge in [-0.2, -0.15) is 0 Å². The van der Waals surface area contributed by atoms with Crippen LogP contribution in [-0.2, 0) is 4.74 Å². The summed E-state index contributed by atoms with van der Waals surface area (Å²) in [5.74, 6) is -2.27. The lowest BCUT2D eigenvalue weighted by molar-refractivity contribution is 0.0324. The molecule has 1 N–H and O–H groups in total. The first kappa shape index (κ1) is 17.6. The Kier molecular flexibility index (Phi) is 4.71. The molecule has 0 aliphatic heterocycles. The number of carbonyl (C=O) groups excluding carboxylic acids is 1. The van der Waals surface area contributed by atoms with Crippen molar-refractivity contribution in [2.75, 3.05) is 0 Å². The molecule has 0 saturated carbocycles. The van der Waals surface area contributed by atoms with E-state index in [0.29, 0.717) is 11.4 Å². The molecule has 134 valence electrons. The Morgan fingerprint density at radius 3 is 2.27 bits per heavy atom. The zero-order valence-electron chi connectivity index (χ0n) is 14.1. The number of benzene rings is 2.